The van der Waals surface area contributed by atoms with Gasteiger partial charge in [0.25, 0.3) is 12.4 Å². The minimum atomic E-state index is -0.818. The Balaban J connectivity index is 0.000000659. The molecule has 2 saturated heterocycles. The van der Waals surface area contributed by atoms with Gasteiger partial charge in [0.2, 0.25) is 0 Å². The zero-order valence-electron chi connectivity index (χ0n) is 14.7. The van der Waals surface area contributed by atoms with Crippen molar-refractivity contribution in [1.82, 2.24) is 14.3 Å². The van der Waals surface area contributed by atoms with Gasteiger partial charge < -0.3 is 19.5 Å². The topological polar surface area (TPSA) is 112 Å². The molecule has 2 fully saturated rings. The summed E-state index contributed by atoms with van der Waals surface area (Å²) in [6, 6.07) is 3.23. The Morgan fingerprint density at radius 1 is 1.37 bits per heavy atom. The lowest BCUT2D eigenvalue weighted by atomic mass is 9.72. The number of hydrogen-bond acceptors (Lipinski definition) is 4. The molecule has 2 aliphatic rings. The molecule has 4 rings (SSSR count). The van der Waals surface area contributed by atoms with E-state index in [1.807, 2.05) is 6.92 Å². The van der Waals surface area contributed by atoms with Crippen molar-refractivity contribution in [2.24, 2.45) is 5.41 Å². The number of aliphatic carboxylic acids is 1. The fraction of sp³-hybridized carbons (Fsp3) is 0.444. The molecule has 2 bridgehead atoms. The van der Waals surface area contributed by atoms with Crippen molar-refractivity contribution in [2.75, 3.05) is 0 Å². The SMILES string of the molecule is CC[C@@]1(C(=O)O)C[C@@H]2CC[C@H]1N2C(=O)c1cn2cc(Cl)ccc2n1.O=CO. The van der Waals surface area contributed by atoms with Gasteiger partial charge in [-0.3, -0.25) is 14.4 Å². The van der Waals surface area contributed by atoms with E-state index in [2.05, 4.69) is 4.98 Å². The van der Waals surface area contributed by atoms with Gasteiger partial charge in [-0.05, 0) is 37.8 Å². The van der Waals surface area contributed by atoms with Crippen LogP contribution in [0.4, 0.5) is 0 Å². The van der Waals surface area contributed by atoms with Crippen LogP contribution in [0.15, 0.2) is 24.5 Å². The van der Waals surface area contributed by atoms with E-state index in [0.717, 1.165) is 12.8 Å². The Hall–Kier alpha value is -2.61. The highest BCUT2D eigenvalue weighted by Crippen LogP contribution is 2.52. The molecular formula is C18H20ClN3O5. The van der Waals surface area contributed by atoms with Crippen LogP contribution in [0.2, 0.25) is 5.02 Å². The number of fused-ring (bicyclic) bond motifs is 3. The van der Waals surface area contributed by atoms with Crippen molar-refractivity contribution >= 4 is 35.6 Å². The van der Waals surface area contributed by atoms with Crippen LogP contribution in [-0.2, 0) is 9.59 Å². The fourth-order valence-corrected chi connectivity index (χ4v) is 4.62. The molecule has 2 N–H and O–H groups in total. The van der Waals surface area contributed by atoms with Gasteiger partial charge in [-0.2, -0.15) is 0 Å². The number of amides is 1. The van der Waals surface area contributed by atoms with Crippen LogP contribution in [0.1, 0.15) is 43.1 Å². The average Bonchev–Trinajstić information content (AvgIpc) is 3.32. The molecule has 0 unspecified atom stereocenters. The molecule has 2 aromatic rings. The van der Waals surface area contributed by atoms with Crippen LogP contribution >= 0.6 is 11.6 Å². The second kappa shape index (κ2) is 7.19. The van der Waals surface area contributed by atoms with Crippen molar-refractivity contribution in [3.05, 3.63) is 35.2 Å². The lowest BCUT2D eigenvalue weighted by molar-refractivity contribution is -0.151. The van der Waals surface area contributed by atoms with Crippen LogP contribution in [-0.4, -0.2) is 54.9 Å². The molecule has 2 aliphatic heterocycles. The highest BCUT2D eigenvalue weighted by Gasteiger charge is 2.60. The van der Waals surface area contributed by atoms with Gasteiger partial charge in [-0.1, -0.05) is 18.5 Å². The van der Waals surface area contributed by atoms with Gasteiger partial charge >= 0.3 is 5.97 Å². The molecule has 4 heterocycles. The van der Waals surface area contributed by atoms with Crippen molar-refractivity contribution in [3.63, 3.8) is 0 Å². The minimum Gasteiger partial charge on any atom is -0.483 e. The van der Waals surface area contributed by atoms with Crippen LogP contribution in [0.3, 0.4) is 0 Å². The maximum absolute atomic E-state index is 13.0. The van der Waals surface area contributed by atoms with Crippen molar-refractivity contribution < 1.29 is 24.6 Å². The summed E-state index contributed by atoms with van der Waals surface area (Å²) in [5.74, 6) is -0.976. The molecule has 9 heteroatoms. The third-order valence-corrected chi connectivity index (χ3v) is 5.89. The van der Waals surface area contributed by atoms with E-state index in [0.29, 0.717) is 29.2 Å². The maximum atomic E-state index is 13.0. The molecule has 8 nitrogen and oxygen atoms in total. The predicted octanol–water partition coefficient (Wildman–Crippen LogP) is 2.55. The predicted molar refractivity (Wildman–Crippen MR) is 96.9 cm³/mol. The number of pyridine rings is 1. The summed E-state index contributed by atoms with van der Waals surface area (Å²) in [6.07, 6.45) is 6.05. The van der Waals surface area contributed by atoms with Gasteiger partial charge in [-0.25, -0.2) is 4.98 Å². The minimum absolute atomic E-state index is 0.00745. The maximum Gasteiger partial charge on any atom is 0.311 e. The number of rotatable bonds is 3. The normalized spacial score (nSPS) is 25.9. The van der Waals surface area contributed by atoms with Crippen molar-refractivity contribution in [2.45, 2.75) is 44.7 Å². The van der Waals surface area contributed by atoms with Gasteiger partial charge in [0.1, 0.15) is 11.3 Å². The van der Waals surface area contributed by atoms with E-state index in [-0.39, 0.29) is 24.5 Å². The third-order valence-electron chi connectivity index (χ3n) is 5.67. The number of nitrogens with zero attached hydrogens (tertiary/aromatic N) is 3. The Bertz CT molecular complexity index is 898. The highest BCUT2D eigenvalue weighted by molar-refractivity contribution is 6.30. The monoisotopic (exact) mass is 393 g/mol. The molecule has 0 aliphatic carbocycles. The van der Waals surface area contributed by atoms with Crippen LogP contribution < -0.4 is 0 Å². The number of aromatic nitrogens is 2. The first-order chi connectivity index (χ1) is 12.9. The first kappa shape index (κ1) is 19.2. The Morgan fingerprint density at radius 3 is 2.67 bits per heavy atom. The summed E-state index contributed by atoms with van der Waals surface area (Å²) >= 11 is 5.97. The van der Waals surface area contributed by atoms with Crippen LogP contribution in [0, 0.1) is 5.41 Å². The quantitative estimate of drug-likeness (QED) is 0.775. The van der Waals surface area contributed by atoms with Gasteiger partial charge in [0.15, 0.2) is 0 Å². The molecule has 0 radical (unpaired) electrons. The summed E-state index contributed by atoms with van der Waals surface area (Å²) in [4.78, 5) is 39.4. The van der Waals surface area contributed by atoms with E-state index < -0.39 is 11.4 Å². The summed E-state index contributed by atoms with van der Waals surface area (Å²) in [5, 5.41) is 17.2. The number of imidazole rings is 1. The molecule has 0 saturated carbocycles. The Kier molecular flexibility index (Phi) is 5.10. The number of halogens is 1. The first-order valence-electron chi connectivity index (χ1n) is 8.66. The standard InChI is InChI=1S/C17H18ClN3O3.CH2O2/c1-2-17(16(23)24)7-11-4-5-13(17)21(11)15(22)12-9-20-8-10(18)3-6-14(20)19-12;2-1-3/h3,6,8-9,11,13H,2,4-5,7H2,1H3,(H,23,24);1H,(H,2,3)/t11-,13+,17+;/m0./s1. The number of carboxylic acids is 1. The average molecular weight is 394 g/mol. The van der Waals surface area contributed by atoms with Gasteiger partial charge in [-0.15, -0.1) is 0 Å². The lowest BCUT2D eigenvalue weighted by Crippen LogP contribution is -2.44. The van der Waals surface area contributed by atoms with E-state index in [1.54, 1.807) is 33.8 Å². The zero-order chi connectivity index (χ0) is 19.8. The summed E-state index contributed by atoms with van der Waals surface area (Å²) in [7, 11) is 0. The Morgan fingerprint density at radius 2 is 2.07 bits per heavy atom. The summed E-state index contributed by atoms with van der Waals surface area (Å²) in [6.45, 7) is 1.64. The zero-order valence-corrected chi connectivity index (χ0v) is 15.5. The van der Waals surface area contributed by atoms with E-state index in [1.165, 1.54) is 0 Å². The smallest absolute Gasteiger partial charge is 0.311 e. The molecule has 27 heavy (non-hydrogen) atoms. The summed E-state index contributed by atoms with van der Waals surface area (Å²) < 4.78 is 1.72. The molecular weight excluding hydrogens is 374 g/mol. The van der Waals surface area contributed by atoms with E-state index in [4.69, 9.17) is 21.5 Å². The summed E-state index contributed by atoms with van der Waals surface area (Å²) in [5.41, 5.74) is 0.168. The number of carboxylic acid groups (broad SMARTS) is 2. The van der Waals surface area contributed by atoms with Crippen molar-refractivity contribution in [3.8, 4) is 0 Å². The molecule has 1 amide bonds. The van der Waals surface area contributed by atoms with Gasteiger partial charge in [0, 0.05) is 24.5 Å². The molecule has 0 spiro atoms. The molecule has 144 valence electrons. The lowest BCUT2D eigenvalue weighted by Gasteiger charge is -2.32. The number of carbonyl (C=O) groups excluding carboxylic acids is 1. The first-order valence-corrected chi connectivity index (χ1v) is 9.04. The fourth-order valence-electron chi connectivity index (χ4n) is 4.45. The van der Waals surface area contributed by atoms with Crippen molar-refractivity contribution in [1.29, 1.82) is 0 Å². The van der Waals surface area contributed by atoms with Crippen LogP contribution in [0.25, 0.3) is 5.65 Å². The van der Waals surface area contributed by atoms with E-state index >= 15 is 0 Å². The molecule has 0 aromatic carbocycles. The third kappa shape index (κ3) is 3.03. The molecule has 3 atom stereocenters. The number of hydrogen-bond donors (Lipinski definition) is 2. The largest absolute Gasteiger partial charge is 0.483 e. The second-order valence-electron chi connectivity index (χ2n) is 6.82. The Labute approximate surface area is 160 Å². The van der Waals surface area contributed by atoms with Gasteiger partial charge in [0.05, 0.1) is 10.4 Å². The number of carbonyl (C=O) groups is 3. The van der Waals surface area contributed by atoms with E-state index in [9.17, 15) is 14.7 Å². The van der Waals surface area contributed by atoms with Crippen LogP contribution in [0.5, 0.6) is 0 Å². The second-order valence-corrected chi connectivity index (χ2v) is 7.26. The highest BCUT2D eigenvalue weighted by atomic mass is 35.5. The molecule has 2 aromatic heterocycles.